The minimum Gasteiger partial charge on any atom is -0.481 e. The van der Waals surface area contributed by atoms with Crippen LogP contribution in [0.2, 0.25) is 0 Å². The highest BCUT2D eigenvalue weighted by atomic mass is 32.2. The van der Waals surface area contributed by atoms with Crippen molar-refractivity contribution in [2.75, 3.05) is 12.4 Å². The van der Waals surface area contributed by atoms with E-state index in [1.165, 1.54) is 11.8 Å². The van der Waals surface area contributed by atoms with E-state index in [2.05, 4.69) is 4.98 Å². The predicted octanol–water partition coefficient (Wildman–Crippen LogP) is 1.83. The Kier molecular flexibility index (Phi) is 5.48. The molecule has 0 aromatic carbocycles. The van der Waals surface area contributed by atoms with Gasteiger partial charge in [-0.05, 0) is 19.1 Å². The number of carboxylic acids is 1. The van der Waals surface area contributed by atoms with E-state index in [1.807, 2.05) is 0 Å². The Hall–Kier alpha value is -1.56. The average Bonchev–Trinajstić information content (AvgIpc) is 2.29. The lowest BCUT2D eigenvalue weighted by Gasteiger charge is -2.06. The van der Waals surface area contributed by atoms with Crippen molar-refractivity contribution in [2.24, 2.45) is 0 Å². The summed E-state index contributed by atoms with van der Waals surface area (Å²) in [6.45, 7) is 2.03. The summed E-state index contributed by atoms with van der Waals surface area (Å²) < 4.78 is 4.89. The number of carbonyl (C=O) groups excluding carboxylic acids is 1. The van der Waals surface area contributed by atoms with Crippen molar-refractivity contribution in [1.29, 1.82) is 0 Å². The molecule has 1 aromatic rings. The number of nitrogens with zero attached hydrogens (tertiary/aromatic N) is 1. The van der Waals surface area contributed by atoms with Crippen LogP contribution in [0.5, 0.6) is 0 Å². The highest BCUT2D eigenvalue weighted by Crippen LogP contribution is 2.21. The minimum atomic E-state index is -0.869. The molecule has 0 aliphatic heterocycles. The van der Waals surface area contributed by atoms with Crippen LogP contribution in [0.25, 0.3) is 0 Å². The van der Waals surface area contributed by atoms with Gasteiger partial charge in [-0.15, -0.1) is 11.8 Å². The summed E-state index contributed by atoms with van der Waals surface area (Å²) in [5, 5.41) is 9.04. The Balaban J connectivity index is 2.70. The molecule has 6 heteroatoms. The van der Waals surface area contributed by atoms with Crippen LogP contribution in [0, 0.1) is 0 Å². The van der Waals surface area contributed by atoms with E-state index < -0.39 is 11.9 Å². The van der Waals surface area contributed by atoms with Crippen LogP contribution >= 0.6 is 11.8 Å². The van der Waals surface area contributed by atoms with Gasteiger partial charge in [-0.3, -0.25) is 4.79 Å². The number of hydrogen-bond acceptors (Lipinski definition) is 5. The van der Waals surface area contributed by atoms with Gasteiger partial charge in [-0.2, -0.15) is 0 Å². The van der Waals surface area contributed by atoms with Gasteiger partial charge in [0.2, 0.25) is 0 Å². The van der Waals surface area contributed by atoms with Gasteiger partial charge in [0.25, 0.3) is 0 Å². The molecule has 0 radical (unpaired) electrons. The van der Waals surface area contributed by atoms with Crippen molar-refractivity contribution in [3.8, 4) is 0 Å². The van der Waals surface area contributed by atoms with E-state index in [0.717, 1.165) is 0 Å². The Morgan fingerprint density at radius 3 is 2.94 bits per heavy atom. The third kappa shape index (κ3) is 4.44. The number of aliphatic carboxylic acids is 1. The number of thioether (sulfide) groups is 1. The Morgan fingerprint density at radius 1 is 1.53 bits per heavy atom. The van der Waals surface area contributed by atoms with Crippen LogP contribution in [-0.4, -0.2) is 34.4 Å². The second-order valence-electron chi connectivity index (χ2n) is 3.07. The second-order valence-corrected chi connectivity index (χ2v) is 4.15. The van der Waals surface area contributed by atoms with Crippen LogP contribution in [0.15, 0.2) is 23.4 Å². The molecular weight excluding hydrogens is 242 g/mol. The van der Waals surface area contributed by atoms with Crippen molar-refractivity contribution in [3.05, 3.63) is 23.9 Å². The smallest absolute Gasteiger partial charge is 0.340 e. The first-order chi connectivity index (χ1) is 8.15. The van der Waals surface area contributed by atoms with Gasteiger partial charge in [0.05, 0.1) is 18.6 Å². The van der Waals surface area contributed by atoms with E-state index in [1.54, 1.807) is 25.3 Å². The molecule has 1 heterocycles. The van der Waals surface area contributed by atoms with E-state index >= 15 is 0 Å². The SMILES string of the molecule is CCOC(=O)c1cccnc1SCCC(=O)O. The molecule has 0 amide bonds. The summed E-state index contributed by atoms with van der Waals surface area (Å²) in [5.74, 6) is -0.928. The predicted molar refractivity (Wildman–Crippen MR) is 63.2 cm³/mol. The monoisotopic (exact) mass is 255 g/mol. The van der Waals surface area contributed by atoms with Gasteiger partial charge < -0.3 is 9.84 Å². The van der Waals surface area contributed by atoms with Crippen molar-refractivity contribution in [2.45, 2.75) is 18.4 Å². The molecule has 1 aromatic heterocycles. The van der Waals surface area contributed by atoms with E-state index in [4.69, 9.17) is 9.84 Å². The standard InChI is InChI=1S/C11H13NO4S/c1-2-16-11(15)8-4-3-6-12-10(8)17-7-5-9(13)14/h3-4,6H,2,5,7H2,1H3,(H,13,14). The third-order valence-electron chi connectivity index (χ3n) is 1.82. The summed E-state index contributed by atoms with van der Waals surface area (Å²) in [6.07, 6.45) is 1.59. The molecular formula is C11H13NO4S. The lowest BCUT2D eigenvalue weighted by atomic mass is 10.3. The zero-order chi connectivity index (χ0) is 12.7. The zero-order valence-corrected chi connectivity index (χ0v) is 10.2. The molecule has 0 unspecified atom stereocenters. The normalized spacial score (nSPS) is 9.94. The fourth-order valence-electron chi connectivity index (χ4n) is 1.11. The van der Waals surface area contributed by atoms with Crippen LogP contribution in [0.1, 0.15) is 23.7 Å². The molecule has 0 spiro atoms. The number of ether oxygens (including phenoxy) is 1. The number of aromatic nitrogens is 1. The molecule has 5 nitrogen and oxygen atoms in total. The van der Waals surface area contributed by atoms with E-state index in [-0.39, 0.29) is 6.42 Å². The molecule has 17 heavy (non-hydrogen) atoms. The number of carboxylic acid groups (broad SMARTS) is 1. The average molecular weight is 255 g/mol. The van der Waals surface area contributed by atoms with E-state index in [9.17, 15) is 9.59 Å². The molecule has 0 aliphatic carbocycles. The molecule has 0 bridgehead atoms. The zero-order valence-electron chi connectivity index (χ0n) is 9.38. The summed E-state index contributed by atoms with van der Waals surface area (Å²) in [4.78, 5) is 26.0. The second kappa shape index (κ2) is 6.90. The number of pyridine rings is 1. The first-order valence-electron chi connectivity index (χ1n) is 5.12. The Morgan fingerprint density at radius 2 is 2.29 bits per heavy atom. The maximum Gasteiger partial charge on any atom is 0.340 e. The lowest BCUT2D eigenvalue weighted by molar-refractivity contribution is -0.136. The number of hydrogen-bond donors (Lipinski definition) is 1. The molecule has 0 fully saturated rings. The third-order valence-corrected chi connectivity index (χ3v) is 2.83. The minimum absolute atomic E-state index is 0.0313. The molecule has 0 saturated carbocycles. The van der Waals surface area contributed by atoms with Gasteiger partial charge in [0, 0.05) is 11.9 Å². The highest BCUT2D eigenvalue weighted by Gasteiger charge is 2.13. The van der Waals surface area contributed by atoms with Crippen molar-refractivity contribution in [3.63, 3.8) is 0 Å². The van der Waals surface area contributed by atoms with Crippen LogP contribution in [-0.2, 0) is 9.53 Å². The molecule has 1 N–H and O–H groups in total. The van der Waals surface area contributed by atoms with Crippen LogP contribution < -0.4 is 0 Å². The Labute approximate surface area is 103 Å². The molecule has 0 atom stereocenters. The van der Waals surface area contributed by atoms with Gasteiger partial charge in [0.1, 0.15) is 5.03 Å². The summed E-state index contributed by atoms with van der Waals surface area (Å²) in [5.41, 5.74) is 0.379. The summed E-state index contributed by atoms with van der Waals surface area (Å²) in [6, 6.07) is 3.27. The number of rotatable bonds is 6. The Bertz CT molecular complexity index is 408. The summed E-state index contributed by atoms with van der Waals surface area (Å²) >= 11 is 1.24. The van der Waals surface area contributed by atoms with Crippen LogP contribution in [0.3, 0.4) is 0 Å². The van der Waals surface area contributed by atoms with Gasteiger partial charge in [0.15, 0.2) is 0 Å². The maximum absolute atomic E-state index is 11.6. The molecule has 0 saturated heterocycles. The highest BCUT2D eigenvalue weighted by molar-refractivity contribution is 7.99. The first-order valence-corrected chi connectivity index (χ1v) is 6.10. The van der Waals surface area contributed by atoms with Crippen molar-refractivity contribution in [1.82, 2.24) is 4.98 Å². The first kappa shape index (κ1) is 13.5. The lowest BCUT2D eigenvalue weighted by Crippen LogP contribution is -2.07. The topological polar surface area (TPSA) is 76.5 Å². The largest absolute Gasteiger partial charge is 0.481 e. The number of carbonyl (C=O) groups is 2. The quantitative estimate of drug-likeness (QED) is 0.617. The molecule has 92 valence electrons. The summed E-state index contributed by atoms with van der Waals surface area (Å²) in [7, 11) is 0. The van der Waals surface area contributed by atoms with Crippen LogP contribution in [0.4, 0.5) is 0 Å². The molecule has 0 aliphatic rings. The molecule has 1 rings (SSSR count). The fourth-order valence-corrected chi connectivity index (χ4v) is 2.02. The van der Waals surface area contributed by atoms with Crippen molar-refractivity contribution < 1.29 is 19.4 Å². The maximum atomic E-state index is 11.6. The van der Waals surface area contributed by atoms with Gasteiger partial charge in [-0.25, -0.2) is 9.78 Å². The van der Waals surface area contributed by atoms with Gasteiger partial charge in [-0.1, -0.05) is 0 Å². The van der Waals surface area contributed by atoms with E-state index in [0.29, 0.717) is 22.9 Å². The number of esters is 1. The fraction of sp³-hybridized carbons (Fsp3) is 0.364. The van der Waals surface area contributed by atoms with Gasteiger partial charge >= 0.3 is 11.9 Å². The van der Waals surface area contributed by atoms with Crippen molar-refractivity contribution >= 4 is 23.7 Å².